The predicted molar refractivity (Wildman–Crippen MR) is 85.7 cm³/mol. The molecule has 0 fully saturated rings. The molecule has 0 saturated heterocycles. The molecular formula is C17H12ClFN2O2. The Labute approximate surface area is 136 Å². The number of hydrogen-bond acceptors (Lipinski definition) is 2. The van der Waals surface area contributed by atoms with Crippen LogP contribution in [-0.2, 0) is 0 Å². The first kappa shape index (κ1) is 15.2. The molecule has 0 amide bonds. The number of aromatic nitrogens is 2. The van der Waals surface area contributed by atoms with Crippen LogP contribution in [0.1, 0.15) is 16.1 Å². The SMILES string of the molecule is Cc1cc(F)cc(-c2cc(C(=O)O)nn2-c2cccc(Cl)c2)c1. The molecule has 116 valence electrons. The van der Waals surface area contributed by atoms with Gasteiger partial charge in [0.1, 0.15) is 5.82 Å². The van der Waals surface area contributed by atoms with Crippen molar-refractivity contribution in [2.45, 2.75) is 6.92 Å². The van der Waals surface area contributed by atoms with Crippen LogP contribution in [0.25, 0.3) is 16.9 Å². The molecule has 3 aromatic rings. The predicted octanol–water partition coefficient (Wildman–Crippen LogP) is 4.34. The van der Waals surface area contributed by atoms with Crippen molar-refractivity contribution in [1.29, 1.82) is 0 Å². The third-order valence-corrected chi connectivity index (χ3v) is 3.55. The van der Waals surface area contributed by atoms with Crippen LogP contribution in [0, 0.1) is 12.7 Å². The maximum absolute atomic E-state index is 13.7. The van der Waals surface area contributed by atoms with E-state index in [1.807, 2.05) is 0 Å². The Morgan fingerprint density at radius 2 is 2.00 bits per heavy atom. The van der Waals surface area contributed by atoms with Gasteiger partial charge in [-0.05, 0) is 55.0 Å². The highest BCUT2D eigenvalue weighted by Gasteiger charge is 2.17. The molecule has 3 rings (SSSR count). The fourth-order valence-corrected chi connectivity index (χ4v) is 2.56. The van der Waals surface area contributed by atoms with Gasteiger partial charge in [-0.25, -0.2) is 13.9 Å². The summed E-state index contributed by atoms with van der Waals surface area (Å²) in [6.45, 7) is 1.77. The largest absolute Gasteiger partial charge is 0.476 e. The van der Waals surface area contributed by atoms with Crippen LogP contribution < -0.4 is 0 Å². The van der Waals surface area contributed by atoms with Gasteiger partial charge in [-0.1, -0.05) is 17.7 Å². The standard InChI is InChI=1S/C17H12ClFN2O2/c1-10-5-11(7-13(19)6-10)16-9-15(17(22)23)20-21(16)14-4-2-3-12(18)8-14/h2-9H,1H3,(H,22,23). The minimum atomic E-state index is -1.15. The Kier molecular flexibility index (Phi) is 3.88. The van der Waals surface area contributed by atoms with Crippen molar-refractivity contribution in [2.75, 3.05) is 0 Å². The van der Waals surface area contributed by atoms with Gasteiger partial charge in [0, 0.05) is 10.6 Å². The number of carboxylic acids is 1. The summed E-state index contributed by atoms with van der Waals surface area (Å²) in [7, 11) is 0. The zero-order chi connectivity index (χ0) is 16.6. The molecule has 0 spiro atoms. The van der Waals surface area contributed by atoms with Crippen LogP contribution >= 0.6 is 11.6 Å². The van der Waals surface area contributed by atoms with Crippen LogP contribution in [-0.4, -0.2) is 20.9 Å². The summed E-state index contributed by atoms with van der Waals surface area (Å²) in [5, 5.41) is 13.8. The van der Waals surface area contributed by atoms with Gasteiger partial charge in [-0.15, -0.1) is 0 Å². The number of nitrogens with zero attached hydrogens (tertiary/aromatic N) is 2. The number of aryl methyl sites for hydroxylation is 1. The van der Waals surface area contributed by atoms with E-state index in [9.17, 15) is 14.3 Å². The van der Waals surface area contributed by atoms with Crippen molar-refractivity contribution in [2.24, 2.45) is 0 Å². The maximum atomic E-state index is 13.7. The van der Waals surface area contributed by atoms with Crippen molar-refractivity contribution < 1.29 is 14.3 Å². The highest BCUT2D eigenvalue weighted by molar-refractivity contribution is 6.30. The summed E-state index contributed by atoms with van der Waals surface area (Å²) < 4.78 is 15.2. The lowest BCUT2D eigenvalue weighted by atomic mass is 10.1. The molecule has 1 heterocycles. The normalized spacial score (nSPS) is 10.7. The number of carbonyl (C=O) groups is 1. The third-order valence-electron chi connectivity index (χ3n) is 3.32. The van der Waals surface area contributed by atoms with Gasteiger partial charge in [0.15, 0.2) is 5.69 Å². The third kappa shape index (κ3) is 3.10. The lowest BCUT2D eigenvalue weighted by Crippen LogP contribution is -2.02. The van der Waals surface area contributed by atoms with Gasteiger partial charge in [0.2, 0.25) is 0 Å². The number of halogens is 2. The molecule has 0 radical (unpaired) electrons. The number of carboxylic acid groups (broad SMARTS) is 1. The van der Waals surface area contributed by atoms with Crippen molar-refractivity contribution in [3.8, 4) is 16.9 Å². The van der Waals surface area contributed by atoms with E-state index < -0.39 is 11.8 Å². The molecule has 0 atom stereocenters. The summed E-state index contributed by atoms with van der Waals surface area (Å²) in [5.41, 5.74) is 2.23. The summed E-state index contributed by atoms with van der Waals surface area (Å²) in [6.07, 6.45) is 0. The average Bonchev–Trinajstić information content (AvgIpc) is 2.91. The molecule has 1 N–H and O–H groups in total. The van der Waals surface area contributed by atoms with Gasteiger partial charge < -0.3 is 5.11 Å². The smallest absolute Gasteiger partial charge is 0.356 e. The fraction of sp³-hybridized carbons (Fsp3) is 0.0588. The number of benzene rings is 2. The van der Waals surface area contributed by atoms with E-state index in [0.717, 1.165) is 5.56 Å². The van der Waals surface area contributed by atoms with Crippen LogP contribution in [0.3, 0.4) is 0 Å². The molecule has 0 aliphatic carbocycles. The summed E-state index contributed by atoms with van der Waals surface area (Å²) >= 11 is 6.00. The van der Waals surface area contributed by atoms with Gasteiger partial charge in [0.25, 0.3) is 0 Å². The first-order chi connectivity index (χ1) is 10.9. The Bertz CT molecular complexity index is 885. The molecule has 0 aliphatic heterocycles. The maximum Gasteiger partial charge on any atom is 0.356 e. The summed E-state index contributed by atoms with van der Waals surface area (Å²) in [5.74, 6) is -1.55. The zero-order valence-corrected chi connectivity index (χ0v) is 12.9. The molecule has 0 aliphatic rings. The lowest BCUT2D eigenvalue weighted by molar-refractivity contribution is 0.0690. The van der Waals surface area contributed by atoms with Crippen molar-refractivity contribution in [3.05, 3.63) is 70.6 Å². The first-order valence-electron chi connectivity index (χ1n) is 6.81. The van der Waals surface area contributed by atoms with Crippen LogP contribution in [0.15, 0.2) is 48.5 Å². The highest BCUT2D eigenvalue weighted by Crippen LogP contribution is 2.27. The van der Waals surface area contributed by atoms with Gasteiger partial charge in [-0.3, -0.25) is 0 Å². The quantitative estimate of drug-likeness (QED) is 0.777. The van der Waals surface area contributed by atoms with E-state index in [1.54, 1.807) is 37.3 Å². The van der Waals surface area contributed by atoms with E-state index >= 15 is 0 Å². The van der Waals surface area contributed by atoms with E-state index in [2.05, 4.69) is 5.10 Å². The molecule has 0 saturated carbocycles. The molecule has 4 nitrogen and oxygen atoms in total. The van der Waals surface area contributed by atoms with E-state index in [0.29, 0.717) is 22.0 Å². The monoisotopic (exact) mass is 330 g/mol. The molecule has 1 aromatic heterocycles. The van der Waals surface area contributed by atoms with E-state index in [4.69, 9.17) is 11.6 Å². The molecular weight excluding hydrogens is 319 g/mol. The molecule has 2 aromatic carbocycles. The van der Waals surface area contributed by atoms with Crippen molar-refractivity contribution >= 4 is 17.6 Å². The molecule has 0 bridgehead atoms. The second-order valence-corrected chi connectivity index (χ2v) is 5.57. The molecule has 0 unspecified atom stereocenters. The minimum absolute atomic E-state index is 0.123. The second-order valence-electron chi connectivity index (χ2n) is 5.13. The number of hydrogen-bond donors (Lipinski definition) is 1. The van der Waals surface area contributed by atoms with Crippen LogP contribution in [0.4, 0.5) is 4.39 Å². The van der Waals surface area contributed by atoms with Crippen molar-refractivity contribution in [3.63, 3.8) is 0 Å². The Morgan fingerprint density at radius 1 is 1.22 bits per heavy atom. The Morgan fingerprint density at radius 3 is 2.65 bits per heavy atom. The Hall–Kier alpha value is -2.66. The number of rotatable bonds is 3. The average molecular weight is 331 g/mol. The fourth-order valence-electron chi connectivity index (χ4n) is 2.38. The van der Waals surface area contributed by atoms with Gasteiger partial charge in [0.05, 0.1) is 11.4 Å². The molecule has 6 heteroatoms. The number of aromatic carboxylic acids is 1. The van der Waals surface area contributed by atoms with Crippen LogP contribution in [0.5, 0.6) is 0 Å². The van der Waals surface area contributed by atoms with Crippen molar-refractivity contribution in [1.82, 2.24) is 9.78 Å². The Balaban J connectivity index is 2.25. The zero-order valence-electron chi connectivity index (χ0n) is 12.1. The van der Waals surface area contributed by atoms with E-state index in [1.165, 1.54) is 22.9 Å². The first-order valence-corrected chi connectivity index (χ1v) is 7.19. The second kappa shape index (κ2) is 5.85. The lowest BCUT2D eigenvalue weighted by Gasteiger charge is -2.09. The molecule has 23 heavy (non-hydrogen) atoms. The summed E-state index contributed by atoms with van der Waals surface area (Å²) in [4.78, 5) is 11.3. The van der Waals surface area contributed by atoms with Gasteiger partial charge >= 0.3 is 5.97 Å². The van der Waals surface area contributed by atoms with Gasteiger partial charge in [-0.2, -0.15) is 5.10 Å². The minimum Gasteiger partial charge on any atom is -0.476 e. The summed E-state index contributed by atoms with van der Waals surface area (Å²) in [6, 6.07) is 12.8. The van der Waals surface area contributed by atoms with Crippen LogP contribution in [0.2, 0.25) is 5.02 Å². The topological polar surface area (TPSA) is 55.1 Å². The van der Waals surface area contributed by atoms with E-state index in [-0.39, 0.29) is 5.69 Å². The highest BCUT2D eigenvalue weighted by atomic mass is 35.5.